The molecular weight excluding hydrogens is 312 g/mol. The van der Waals surface area contributed by atoms with Crippen LogP contribution in [-0.2, 0) is 16.4 Å². The highest BCUT2D eigenvalue weighted by Crippen LogP contribution is 2.04. The lowest BCUT2D eigenvalue weighted by atomic mass is 10.1. The van der Waals surface area contributed by atoms with Gasteiger partial charge in [-0.15, -0.1) is 0 Å². The van der Waals surface area contributed by atoms with Gasteiger partial charge in [-0.3, -0.25) is 0 Å². The lowest BCUT2D eigenvalue weighted by Gasteiger charge is -2.17. The van der Waals surface area contributed by atoms with Gasteiger partial charge in [-0.1, -0.05) is 12.1 Å². The van der Waals surface area contributed by atoms with Crippen LogP contribution >= 0.6 is 0 Å². The molecule has 1 rings (SSSR count). The van der Waals surface area contributed by atoms with E-state index in [-0.39, 0.29) is 11.8 Å². The third-order valence-electron chi connectivity index (χ3n) is 3.15. The van der Waals surface area contributed by atoms with Gasteiger partial charge in [-0.2, -0.15) is 5.26 Å². The van der Waals surface area contributed by atoms with Gasteiger partial charge in [0, 0.05) is 18.8 Å². The maximum Gasteiger partial charge on any atom is 0.191 e. The average molecular weight is 336 g/mol. The lowest BCUT2D eigenvalue weighted by molar-refractivity contribution is 0.581. The number of guanidine groups is 1. The summed E-state index contributed by atoms with van der Waals surface area (Å²) < 4.78 is 22.4. The molecular formula is C16H24N4O2S. The Labute approximate surface area is 138 Å². The van der Waals surface area contributed by atoms with Gasteiger partial charge < -0.3 is 10.6 Å². The molecule has 1 atom stereocenters. The summed E-state index contributed by atoms with van der Waals surface area (Å²) in [4.78, 5) is 4.49. The smallest absolute Gasteiger partial charge is 0.191 e. The molecule has 1 unspecified atom stereocenters. The molecule has 6 nitrogen and oxygen atoms in total. The molecule has 0 heterocycles. The van der Waals surface area contributed by atoms with E-state index in [2.05, 4.69) is 21.7 Å². The highest BCUT2D eigenvalue weighted by atomic mass is 32.2. The maximum atomic E-state index is 11.2. The Kier molecular flexibility index (Phi) is 7.55. The first kappa shape index (κ1) is 19.0. The van der Waals surface area contributed by atoms with E-state index in [0.29, 0.717) is 24.5 Å². The van der Waals surface area contributed by atoms with Crippen LogP contribution in [0.2, 0.25) is 0 Å². The Morgan fingerprint density at radius 3 is 2.52 bits per heavy atom. The van der Waals surface area contributed by atoms with Crippen molar-refractivity contribution in [2.45, 2.75) is 32.9 Å². The Bertz CT molecular complexity index is 660. The third kappa shape index (κ3) is 8.21. The first-order chi connectivity index (χ1) is 10.8. The minimum atomic E-state index is -2.96. The summed E-state index contributed by atoms with van der Waals surface area (Å²) in [5.74, 6) is 0.800. The Balaban J connectivity index is 2.63. The predicted molar refractivity (Wildman–Crippen MR) is 92.9 cm³/mol. The van der Waals surface area contributed by atoms with E-state index in [1.165, 1.54) is 6.26 Å². The van der Waals surface area contributed by atoms with Crippen molar-refractivity contribution in [3.05, 3.63) is 35.4 Å². The van der Waals surface area contributed by atoms with Crippen LogP contribution in [0.1, 0.15) is 31.4 Å². The third-order valence-corrected chi connectivity index (χ3v) is 4.13. The van der Waals surface area contributed by atoms with Gasteiger partial charge in [0.05, 0.1) is 23.9 Å². The molecule has 0 bridgehead atoms. The van der Waals surface area contributed by atoms with Crippen LogP contribution in [0, 0.1) is 11.3 Å². The normalized spacial score (nSPS) is 13.2. The number of nitrogens with zero attached hydrogens (tertiary/aromatic N) is 2. The number of sulfone groups is 1. The summed E-state index contributed by atoms with van der Waals surface area (Å²) in [6.45, 7) is 5.11. The van der Waals surface area contributed by atoms with Gasteiger partial charge in [0.25, 0.3) is 0 Å². The number of benzene rings is 1. The van der Waals surface area contributed by atoms with E-state index in [1.54, 1.807) is 12.1 Å². The van der Waals surface area contributed by atoms with Crippen LogP contribution in [0.15, 0.2) is 29.3 Å². The van der Waals surface area contributed by atoms with Crippen LogP contribution in [0.25, 0.3) is 0 Å². The van der Waals surface area contributed by atoms with Gasteiger partial charge >= 0.3 is 0 Å². The molecule has 0 saturated heterocycles. The number of aliphatic imine (C=N–C) groups is 1. The monoisotopic (exact) mass is 336 g/mol. The maximum absolute atomic E-state index is 11.2. The fourth-order valence-electron chi connectivity index (χ4n) is 1.87. The number of nitrogens with one attached hydrogen (secondary N) is 2. The molecule has 7 heteroatoms. The summed E-state index contributed by atoms with van der Waals surface area (Å²) in [5, 5.41) is 15.1. The molecule has 0 radical (unpaired) electrons. The highest BCUT2D eigenvalue weighted by molar-refractivity contribution is 7.90. The van der Waals surface area contributed by atoms with Crippen molar-refractivity contribution in [3.63, 3.8) is 0 Å². The molecule has 0 aromatic heterocycles. The largest absolute Gasteiger partial charge is 0.357 e. The molecule has 23 heavy (non-hydrogen) atoms. The van der Waals surface area contributed by atoms with Crippen LogP contribution in [0.5, 0.6) is 0 Å². The van der Waals surface area contributed by atoms with Crippen molar-refractivity contribution in [2.75, 3.05) is 18.6 Å². The van der Waals surface area contributed by atoms with Crippen molar-refractivity contribution < 1.29 is 8.42 Å². The van der Waals surface area contributed by atoms with E-state index in [4.69, 9.17) is 5.26 Å². The molecule has 0 aliphatic carbocycles. The van der Waals surface area contributed by atoms with E-state index in [1.807, 2.05) is 26.0 Å². The zero-order valence-electron chi connectivity index (χ0n) is 13.8. The molecule has 1 aromatic carbocycles. The van der Waals surface area contributed by atoms with Gasteiger partial charge in [0.1, 0.15) is 9.84 Å². The molecule has 2 N–H and O–H groups in total. The number of hydrogen-bond donors (Lipinski definition) is 2. The van der Waals surface area contributed by atoms with Gasteiger partial charge in [0.2, 0.25) is 0 Å². The van der Waals surface area contributed by atoms with Crippen molar-refractivity contribution in [3.8, 4) is 6.07 Å². The molecule has 0 aliphatic heterocycles. The standard InChI is InChI=1S/C16H24N4O2S/c1-4-18-16(20-13(2)9-10-23(3,21)22)19-12-15-7-5-14(11-17)6-8-15/h5-8,13H,4,9-10,12H2,1-3H3,(H2,18,19,20). The summed E-state index contributed by atoms with van der Waals surface area (Å²) >= 11 is 0. The minimum Gasteiger partial charge on any atom is -0.357 e. The highest BCUT2D eigenvalue weighted by Gasteiger charge is 2.09. The average Bonchev–Trinajstić information content (AvgIpc) is 2.51. The number of rotatable bonds is 7. The van der Waals surface area contributed by atoms with E-state index in [0.717, 1.165) is 12.1 Å². The second-order valence-electron chi connectivity index (χ2n) is 5.47. The molecule has 0 spiro atoms. The zero-order valence-corrected chi connectivity index (χ0v) is 14.7. The van der Waals surface area contributed by atoms with Gasteiger partial charge in [0.15, 0.2) is 5.96 Å². The Hall–Kier alpha value is -2.07. The van der Waals surface area contributed by atoms with Crippen molar-refractivity contribution in [1.29, 1.82) is 5.26 Å². The molecule has 1 aromatic rings. The Morgan fingerprint density at radius 1 is 1.35 bits per heavy atom. The number of hydrogen-bond acceptors (Lipinski definition) is 4. The van der Waals surface area contributed by atoms with Crippen molar-refractivity contribution in [2.24, 2.45) is 4.99 Å². The quantitative estimate of drug-likeness (QED) is 0.580. The summed E-state index contributed by atoms with van der Waals surface area (Å²) in [6, 6.07) is 9.36. The fraction of sp³-hybridized carbons (Fsp3) is 0.500. The predicted octanol–water partition coefficient (Wildman–Crippen LogP) is 1.44. The summed E-state index contributed by atoms with van der Waals surface area (Å²) in [7, 11) is -2.96. The first-order valence-electron chi connectivity index (χ1n) is 7.55. The van der Waals surface area contributed by atoms with E-state index in [9.17, 15) is 8.42 Å². The second kappa shape index (κ2) is 9.16. The van der Waals surface area contributed by atoms with Gasteiger partial charge in [-0.25, -0.2) is 13.4 Å². The first-order valence-corrected chi connectivity index (χ1v) is 9.61. The van der Waals surface area contributed by atoms with E-state index >= 15 is 0 Å². The minimum absolute atomic E-state index is 0.00323. The molecule has 126 valence electrons. The van der Waals surface area contributed by atoms with Crippen LogP contribution < -0.4 is 10.6 Å². The molecule has 0 fully saturated rings. The SMILES string of the molecule is CCNC(=NCc1ccc(C#N)cc1)NC(C)CCS(C)(=O)=O. The Morgan fingerprint density at radius 2 is 2.00 bits per heavy atom. The molecule has 0 aliphatic rings. The summed E-state index contributed by atoms with van der Waals surface area (Å²) in [5.41, 5.74) is 1.63. The summed E-state index contributed by atoms with van der Waals surface area (Å²) in [6.07, 6.45) is 1.77. The van der Waals surface area contributed by atoms with Crippen LogP contribution in [0.3, 0.4) is 0 Å². The van der Waals surface area contributed by atoms with Crippen LogP contribution in [-0.4, -0.2) is 39.0 Å². The fourth-order valence-corrected chi connectivity index (χ4v) is 2.65. The zero-order chi connectivity index (χ0) is 17.3. The van der Waals surface area contributed by atoms with E-state index < -0.39 is 9.84 Å². The topological polar surface area (TPSA) is 94.3 Å². The van der Waals surface area contributed by atoms with Crippen molar-refractivity contribution in [1.82, 2.24) is 10.6 Å². The lowest BCUT2D eigenvalue weighted by Crippen LogP contribution is -2.42. The van der Waals surface area contributed by atoms with Crippen molar-refractivity contribution >= 4 is 15.8 Å². The van der Waals surface area contributed by atoms with Gasteiger partial charge in [-0.05, 0) is 38.0 Å². The second-order valence-corrected chi connectivity index (χ2v) is 7.73. The molecule has 0 saturated carbocycles. The molecule has 0 amide bonds. The number of nitriles is 1. The van der Waals surface area contributed by atoms with Crippen LogP contribution in [0.4, 0.5) is 0 Å².